The highest BCUT2D eigenvalue weighted by molar-refractivity contribution is 5.76. The minimum absolute atomic E-state index is 0.254. The Balaban J connectivity index is 1.68. The second-order valence-electron chi connectivity index (χ2n) is 24.6. The fraction of sp³-hybridized carbons (Fsp3) is 0.724. The predicted molar refractivity (Wildman–Crippen MR) is 368 cm³/mol. The van der Waals surface area contributed by atoms with Crippen molar-refractivity contribution in [2.24, 2.45) is 0 Å². The molecule has 2 rings (SSSR count). The van der Waals surface area contributed by atoms with Gasteiger partial charge in [-0.2, -0.15) is 0 Å². The Hall–Kier alpha value is -3.61. The molecule has 0 saturated carbocycles. The monoisotopic (exact) mass is 1260 g/mol. The van der Waals surface area contributed by atoms with Crippen LogP contribution in [0.4, 0.5) is 0 Å². The quantitative estimate of drug-likeness (QED) is 0.0204. The molecular weight excluding hydrogens is 1130 g/mol. The molecule has 0 spiro atoms. The van der Waals surface area contributed by atoms with E-state index in [1.807, 2.05) is 6.08 Å². The molecule has 12 atom stereocenters. The van der Waals surface area contributed by atoms with Gasteiger partial charge in [0.15, 0.2) is 12.6 Å². The van der Waals surface area contributed by atoms with Crippen molar-refractivity contribution in [1.82, 2.24) is 5.32 Å². The first-order chi connectivity index (χ1) is 44.1. The Morgan fingerprint density at radius 3 is 1.18 bits per heavy atom. The molecule has 0 radical (unpaired) electrons. The number of amides is 1. The largest absolute Gasteiger partial charge is 0.394 e. The fourth-order valence-electron chi connectivity index (χ4n) is 11.0. The van der Waals surface area contributed by atoms with Gasteiger partial charge in [-0.25, -0.2) is 0 Å². The third-order valence-electron chi connectivity index (χ3n) is 16.7. The van der Waals surface area contributed by atoms with E-state index in [0.29, 0.717) is 6.42 Å². The molecule has 0 aromatic heterocycles. The Labute approximate surface area is 546 Å². The molecule has 2 heterocycles. The predicted octanol–water partition coefficient (Wildman–Crippen LogP) is 14.9. The van der Waals surface area contributed by atoms with Crippen LogP contribution in [0.5, 0.6) is 0 Å². The van der Waals surface area contributed by atoms with Crippen LogP contribution in [-0.2, 0) is 23.7 Å². The zero-order valence-electron chi connectivity index (χ0n) is 56.1. The molecule has 2 aliphatic heterocycles. The van der Waals surface area contributed by atoms with Crippen molar-refractivity contribution in [3.8, 4) is 0 Å². The van der Waals surface area contributed by atoms with Crippen molar-refractivity contribution in [3.63, 3.8) is 0 Å². The third-order valence-corrected chi connectivity index (χ3v) is 16.7. The standard InChI is InChI=1S/C76H129NO13/c1-3-5-7-9-11-13-15-17-19-21-23-25-26-27-28-29-30-31-32-33-34-35-36-37-38-40-42-44-46-48-50-52-54-56-58-60-68(81)77-64(65(80)59-57-55-53-51-49-47-45-43-41-39-24-22-20-18-16-14-12-10-8-6-4-2)63-87-75-73(86)71(84)74(67(62-79)89-75)90-76-72(85)70(83)69(82)66(61-78)88-76/h5,7,11,13,17,19,23,25,27-28,30-31,33-34,36-37,40,42,57,59,64-67,69-76,78-80,82-86H,3-4,6,8-10,12,14-16,18,20-22,24,26,29,32,35,38-39,41,43-56,58,60-63H2,1-2H3,(H,77,81)/b7-5-,13-11-,19-17-,25-23-,28-27-,31-30-,34-33-,37-36-,42-40-,59-57+. The lowest BCUT2D eigenvalue weighted by Crippen LogP contribution is -2.65. The highest BCUT2D eigenvalue weighted by atomic mass is 16.7. The van der Waals surface area contributed by atoms with E-state index in [2.05, 4.69) is 129 Å². The van der Waals surface area contributed by atoms with Crippen molar-refractivity contribution in [2.75, 3.05) is 19.8 Å². The maximum atomic E-state index is 13.3. The van der Waals surface area contributed by atoms with Crippen molar-refractivity contribution in [1.29, 1.82) is 0 Å². The molecule has 0 aliphatic carbocycles. The summed E-state index contributed by atoms with van der Waals surface area (Å²) >= 11 is 0. The summed E-state index contributed by atoms with van der Waals surface area (Å²) in [7, 11) is 0. The number of ether oxygens (including phenoxy) is 4. The first kappa shape index (κ1) is 82.5. The van der Waals surface area contributed by atoms with Crippen LogP contribution in [0.1, 0.15) is 258 Å². The lowest BCUT2D eigenvalue weighted by molar-refractivity contribution is -0.359. The lowest BCUT2D eigenvalue weighted by atomic mass is 9.97. The van der Waals surface area contributed by atoms with Crippen LogP contribution in [0.2, 0.25) is 0 Å². The van der Waals surface area contributed by atoms with Crippen LogP contribution >= 0.6 is 0 Å². The molecule has 1 amide bonds. The minimum Gasteiger partial charge on any atom is -0.394 e. The molecule has 9 N–H and O–H groups in total. The molecule has 14 heteroatoms. The number of allylic oxidation sites excluding steroid dienone is 19. The number of nitrogens with one attached hydrogen (secondary N) is 1. The second-order valence-corrected chi connectivity index (χ2v) is 24.6. The van der Waals surface area contributed by atoms with Gasteiger partial charge in [-0.05, 0) is 89.9 Å². The van der Waals surface area contributed by atoms with Crippen LogP contribution in [0.25, 0.3) is 0 Å². The molecule has 0 bridgehead atoms. The summed E-state index contributed by atoms with van der Waals surface area (Å²) in [6, 6.07) is -0.931. The number of aliphatic hydroxyl groups is 8. The molecule has 0 aromatic rings. The highest BCUT2D eigenvalue weighted by Gasteiger charge is 2.51. The van der Waals surface area contributed by atoms with Gasteiger partial charge in [0.25, 0.3) is 0 Å². The third kappa shape index (κ3) is 42.6. The van der Waals surface area contributed by atoms with Crippen molar-refractivity contribution in [3.05, 3.63) is 122 Å². The summed E-state index contributed by atoms with van der Waals surface area (Å²) in [6.07, 6.45) is 69.5. The molecule has 2 aliphatic rings. The number of aliphatic hydroxyl groups excluding tert-OH is 8. The molecule has 516 valence electrons. The SMILES string of the molecule is CC/C=C\C/C=C\C/C=C\C/C=C\C/C=C\C/C=C\C/C=C\C/C=C\C/C=C\CCCCCCCCCC(=O)NC(COC1OC(CO)C(OC2OC(CO)C(O)C(O)C2O)C(O)C1O)C(O)/C=C/CCCCCCCCCCCCCCCCCCCCC. The maximum absolute atomic E-state index is 13.3. The van der Waals surface area contributed by atoms with Gasteiger partial charge in [0.05, 0.1) is 32.0 Å². The van der Waals surface area contributed by atoms with Gasteiger partial charge >= 0.3 is 0 Å². The van der Waals surface area contributed by atoms with Crippen molar-refractivity contribution in [2.45, 2.75) is 331 Å². The van der Waals surface area contributed by atoms with E-state index >= 15 is 0 Å². The second kappa shape index (κ2) is 59.2. The molecular formula is C76H129NO13. The van der Waals surface area contributed by atoms with E-state index in [-0.39, 0.29) is 18.9 Å². The first-order valence-corrected chi connectivity index (χ1v) is 35.8. The number of carbonyl (C=O) groups excluding carboxylic acids is 1. The van der Waals surface area contributed by atoms with E-state index in [9.17, 15) is 45.6 Å². The zero-order chi connectivity index (χ0) is 65.2. The highest BCUT2D eigenvalue weighted by Crippen LogP contribution is 2.30. The van der Waals surface area contributed by atoms with Crippen LogP contribution in [-0.4, -0.2) is 140 Å². The summed E-state index contributed by atoms with van der Waals surface area (Å²) in [5.41, 5.74) is 0. The van der Waals surface area contributed by atoms with E-state index in [1.54, 1.807) is 6.08 Å². The van der Waals surface area contributed by atoms with Gasteiger partial charge < -0.3 is 65.1 Å². The van der Waals surface area contributed by atoms with Gasteiger partial charge in [-0.3, -0.25) is 4.79 Å². The molecule has 90 heavy (non-hydrogen) atoms. The Kier molecular flexibility index (Phi) is 54.2. The average Bonchev–Trinajstić information content (AvgIpc) is 1.28. The normalized spacial score (nSPS) is 23.7. The molecule has 0 aromatic carbocycles. The van der Waals surface area contributed by atoms with Gasteiger partial charge in [0.2, 0.25) is 5.91 Å². The van der Waals surface area contributed by atoms with E-state index in [1.165, 1.54) is 109 Å². The fourth-order valence-corrected chi connectivity index (χ4v) is 11.0. The van der Waals surface area contributed by atoms with E-state index in [4.69, 9.17) is 18.9 Å². The summed E-state index contributed by atoms with van der Waals surface area (Å²) in [4.78, 5) is 13.3. The van der Waals surface area contributed by atoms with E-state index in [0.717, 1.165) is 122 Å². The molecule has 14 nitrogen and oxygen atoms in total. The molecule has 2 saturated heterocycles. The summed E-state index contributed by atoms with van der Waals surface area (Å²) < 4.78 is 22.8. The van der Waals surface area contributed by atoms with Crippen molar-refractivity contribution >= 4 is 5.91 Å². The molecule has 2 fully saturated rings. The van der Waals surface area contributed by atoms with Crippen LogP contribution in [0, 0.1) is 0 Å². The van der Waals surface area contributed by atoms with E-state index < -0.39 is 86.8 Å². The van der Waals surface area contributed by atoms with Gasteiger partial charge in [-0.1, -0.05) is 283 Å². The number of carbonyl (C=O) groups is 1. The Morgan fingerprint density at radius 1 is 0.411 bits per heavy atom. The zero-order valence-corrected chi connectivity index (χ0v) is 56.1. The molecule has 12 unspecified atom stereocenters. The Bertz CT molecular complexity index is 1980. The Morgan fingerprint density at radius 2 is 0.767 bits per heavy atom. The first-order valence-electron chi connectivity index (χ1n) is 35.8. The van der Waals surface area contributed by atoms with Gasteiger partial charge in [0, 0.05) is 6.42 Å². The van der Waals surface area contributed by atoms with Gasteiger partial charge in [0.1, 0.15) is 48.8 Å². The number of unbranched alkanes of at least 4 members (excludes halogenated alkanes) is 26. The topological polar surface area (TPSA) is 228 Å². The van der Waals surface area contributed by atoms with Gasteiger partial charge in [-0.15, -0.1) is 0 Å². The maximum Gasteiger partial charge on any atom is 0.220 e. The van der Waals surface area contributed by atoms with Crippen LogP contribution in [0.15, 0.2) is 122 Å². The van der Waals surface area contributed by atoms with Crippen molar-refractivity contribution < 1.29 is 64.6 Å². The number of hydrogen-bond donors (Lipinski definition) is 9. The summed E-state index contributed by atoms with van der Waals surface area (Å²) in [6.45, 7) is 2.69. The summed E-state index contributed by atoms with van der Waals surface area (Å²) in [5, 5.41) is 87.5. The average molecular weight is 1260 g/mol. The summed E-state index contributed by atoms with van der Waals surface area (Å²) in [5.74, 6) is -0.254. The lowest BCUT2D eigenvalue weighted by Gasteiger charge is -2.46. The smallest absolute Gasteiger partial charge is 0.220 e. The number of hydrogen-bond acceptors (Lipinski definition) is 13. The van der Waals surface area contributed by atoms with Crippen LogP contribution < -0.4 is 5.32 Å². The van der Waals surface area contributed by atoms with Crippen LogP contribution in [0.3, 0.4) is 0 Å². The number of rotatable bonds is 57. The minimum atomic E-state index is -1.80.